The molecule has 1 saturated heterocycles. The number of hydrogen-bond donors (Lipinski definition) is 1. The van der Waals surface area contributed by atoms with Crippen molar-refractivity contribution in [2.24, 2.45) is 11.7 Å². The largest absolute Gasteiger partial charge is 0.326 e. The predicted octanol–water partition coefficient (Wildman–Crippen LogP) is 3.50. The number of rotatable bonds is 3. The van der Waals surface area contributed by atoms with Gasteiger partial charge >= 0.3 is 0 Å². The van der Waals surface area contributed by atoms with E-state index in [-0.39, 0.29) is 6.04 Å². The summed E-state index contributed by atoms with van der Waals surface area (Å²) in [7, 11) is 0. The van der Waals surface area contributed by atoms with Gasteiger partial charge in [0, 0.05) is 24.7 Å². The van der Waals surface area contributed by atoms with E-state index in [1.165, 1.54) is 30.5 Å². The molecule has 1 aromatic carbocycles. The number of aryl methyl sites for hydroxylation is 1. The summed E-state index contributed by atoms with van der Waals surface area (Å²) in [6, 6.07) is 10.0. The van der Waals surface area contributed by atoms with Gasteiger partial charge in [-0.15, -0.1) is 0 Å². The average Bonchev–Trinajstić information content (AvgIpc) is 2.36. The summed E-state index contributed by atoms with van der Waals surface area (Å²) < 4.78 is 0. The summed E-state index contributed by atoms with van der Waals surface area (Å²) in [5.74, 6) is 0.780. The van der Waals surface area contributed by atoms with Gasteiger partial charge in [0.2, 0.25) is 0 Å². The number of nitrogens with two attached hydrogens (primary N) is 1. The molecule has 0 saturated carbocycles. The van der Waals surface area contributed by atoms with E-state index in [0.717, 1.165) is 5.92 Å². The number of benzene rings is 1. The Morgan fingerprint density at radius 1 is 1.16 bits per heavy atom. The van der Waals surface area contributed by atoms with Crippen molar-refractivity contribution in [1.29, 1.82) is 0 Å². The Morgan fingerprint density at radius 2 is 1.79 bits per heavy atom. The molecule has 106 valence electrons. The van der Waals surface area contributed by atoms with E-state index in [0.29, 0.717) is 12.1 Å². The lowest BCUT2D eigenvalue weighted by atomic mass is 9.89. The topological polar surface area (TPSA) is 29.3 Å². The standard InChI is InChI=1S/C17H28N2/c1-12-6-9-16(10-7-12)17(15(4)18)19-11-13(2)5-8-14(19)3/h6-7,9-10,13-15,17H,5,8,11,18H2,1-4H3. The molecule has 0 radical (unpaired) electrons. The Bertz CT molecular complexity index is 396. The number of nitrogens with zero attached hydrogens (tertiary/aromatic N) is 1. The molecule has 19 heavy (non-hydrogen) atoms. The van der Waals surface area contributed by atoms with E-state index >= 15 is 0 Å². The maximum absolute atomic E-state index is 6.30. The molecule has 4 atom stereocenters. The minimum atomic E-state index is 0.162. The summed E-state index contributed by atoms with van der Waals surface area (Å²) in [5, 5.41) is 0. The second kappa shape index (κ2) is 6.06. The first-order chi connectivity index (χ1) is 8.99. The fourth-order valence-corrected chi connectivity index (χ4v) is 3.27. The van der Waals surface area contributed by atoms with Crippen LogP contribution in [0, 0.1) is 12.8 Å². The van der Waals surface area contributed by atoms with Gasteiger partial charge < -0.3 is 5.73 Å². The highest BCUT2D eigenvalue weighted by atomic mass is 15.2. The number of hydrogen-bond acceptors (Lipinski definition) is 2. The molecule has 1 aliphatic rings. The molecule has 0 aliphatic carbocycles. The van der Waals surface area contributed by atoms with Crippen LogP contribution in [-0.4, -0.2) is 23.5 Å². The smallest absolute Gasteiger partial charge is 0.0499 e. The van der Waals surface area contributed by atoms with Gasteiger partial charge in [0.1, 0.15) is 0 Å². The summed E-state index contributed by atoms with van der Waals surface area (Å²) in [6.07, 6.45) is 2.63. The Labute approximate surface area is 118 Å². The zero-order valence-corrected chi connectivity index (χ0v) is 12.8. The Balaban J connectivity index is 2.26. The van der Waals surface area contributed by atoms with Crippen molar-refractivity contribution < 1.29 is 0 Å². The fraction of sp³-hybridized carbons (Fsp3) is 0.647. The highest BCUT2D eigenvalue weighted by Crippen LogP contribution is 2.32. The van der Waals surface area contributed by atoms with E-state index in [1.807, 2.05) is 0 Å². The maximum Gasteiger partial charge on any atom is 0.0499 e. The quantitative estimate of drug-likeness (QED) is 0.901. The van der Waals surface area contributed by atoms with E-state index in [9.17, 15) is 0 Å². The zero-order valence-electron chi connectivity index (χ0n) is 12.8. The number of piperidine rings is 1. The molecule has 1 aliphatic heterocycles. The summed E-state index contributed by atoms with van der Waals surface area (Å²) >= 11 is 0. The molecule has 1 aromatic rings. The average molecular weight is 260 g/mol. The second-order valence-corrected chi connectivity index (χ2v) is 6.44. The zero-order chi connectivity index (χ0) is 14.0. The van der Waals surface area contributed by atoms with Crippen LogP contribution < -0.4 is 5.73 Å². The van der Waals surface area contributed by atoms with Crippen molar-refractivity contribution in [3.05, 3.63) is 35.4 Å². The first kappa shape index (κ1) is 14.5. The molecular weight excluding hydrogens is 232 g/mol. The van der Waals surface area contributed by atoms with Gasteiger partial charge in [-0.2, -0.15) is 0 Å². The number of likely N-dealkylation sites (tertiary alicyclic amines) is 1. The monoisotopic (exact) mass is 260 g/mol. The first-order valence-electron chi connectivity index (χ1n) is 7.57. The van der Waals surface area contributed by atoms with Crippen LogP contribution in [0.3, 0.4) is 0 Å². The van der Waals surface area contributed by atoms with Crippen LogP contribution in [0.1, 0.15) is 50.8 Å². The maximum atomic E-state index is 6.30. The van der Waals surface area contributed by atoms with Crippen LogP contribution in [0.2, 0.25) is 0 Å². The van der Waals surface area contributed by atoms with Crippen LogP contribution in [-0.2, 0) is 0 Å². The van der Waals surface area contributed by atoms with Gasteiger partial charge in [-0.25, -0.2) is 0 Å². The third-order valence-electron chi connectivity index (χ3n) is 4.44. The third-order valence-corrected chi connectivity index (χ3v) is 4.44. The van der Waals surface area contributed by atoms with Gasteiger partial charge in [0.25, 0.3) is 0 Å². The molecule has 0 spiro atoms. The van der Waals surface area contributed by atoms with Crippen molar-refractivity contribution in [1.82, 2.24) is 4.90 Å². The van der Waals surface area contributed by atoms with E-state index in [2.05, 4.69) is 56.9 Å². The van der Waals surface area contributed by atoms with Crippen molar-refractivity contribution in [3.8, 4) is 0 Å². The lowest BCUT2D eigenvalue weighted by Crippen LogP contribution is -2.48. The summed E-state index contributed by atoms with van der Waals surface area (Å²) in [4.78, 5) is 2.61. The van der Waals surface area contributed by atoms with Gasteiger partial charge in [0.15, 0.2) is 0 Å². The molecular formula is C17H28N2. The van der Waals surface area contributed by atoms with Gasteiger partial charge in [-0.1, -0.05) is 36.8 Å². The fourth-order valence-electron chi connectivity index (χ4n) is 3.27. The van der Waals surface area contributed by atoms with Gasteiger partial charge in [-0.3, -0.25) is 4.90 Å². The molecule has 1 fully saturated rings. The van der Waals surface area contributed by atoms with Crippen molar-refractivity contribution in [2.45, 2.75) is 58.7 Å². The first-order valence-corrected chi connectivity index (χ1v) is 7.57. The minimum Gasteiger partial charge on any atom is -0.326 e. The van der Waals surface area contributed by atoms with E-state index in [4.69, 9.17) is 5.73 Å². The van der Waals surface area contributed by atoms with Crippen molar-refractivity contribution in [3.63, 3.8) is 0 Å². The molecule has 2 rings (SSSR count). The van der Waals surface area contributed by atoms with Crippen LogP contribution in [0.5, 0.6) is 0 Å². The van der Waals surface area contributed by atoms with Crippen LogP contribution in [0.15, 0.2) is 24.3 Å². The highest BCUT2D eigenvalue weighted by molar-refractivity contribution is 5.25. The molecule has 2 N–H and O–H groups in total. The lowest BCUT2D eigenvalue weighted by Gasteiger charge is -2.44. The van der Waals surface area contributed by atoms with Crippen LogP contribution >= 0.6 is 0 Å². The molecule has 0 amide bonds. The summed E-state index contributed by atoms with van der Waals surface area (Å²) in [6.45, 7) is 10.1. The molecule has 1 heterocycles. The third kappa shape index (κ3) is 3.37. The highest BCUT2D eigenvalue weighted by Gasteiger charge is 2.31. The molecule has 0 bridgehead atoms. The molecule has 0 aromatic heterocycles. The Morgan fingerprint density at radius 3 is 2.37 bits per heavy atom. The minimum absolute atomic E-state index is 0.162. The van der Waals surface area contributed by atoms with Gasteiger partial charge in [-0.05, 0) is 45.1 Å². The summed E-state index contributed by atoms with van der Waals surface area (Å²) in [5.41, 5.74) is 8.98. The normalized spacial score (nSPS) is 28.1. The molecule has 2 heteroatoms. The Kier molecular flexibility index (Phi) is 4.64. The molecule has 4 unspecified atom stereocenters. The predicted molar refractivity (Wildman–Crippen MR) is 82.1 cm³/mol. The molecule has 2 nitrogen and oxygen atoms in total. The SMILES string of the molecule is Cc1ccc(C(C(C)N)N2CC(C)CCC2C)cc1. The van der Waals surface area contributed by atoms with Gasteiger partial charge in [0.05, 0.1) is 0 Å². The van der Waals surface area contributed by atoms with E-state index in [1.54, 1.807) is 0 Å². The van der Waals surface area contributed by atoms with E-state index < -0.39 is 0 Å². The lowest BCUT2D eigenvalue weighted by molar-refractivity contribution is 0.0660. The second-order valence-electron chi connectivity index (χ2n) is 6.44. The Hall–Kier alpha value is -0.860. The van der Waals surface area contributed by atoms with Crippen molar-refractivity contribution in [2.75, 3.05) is 6.54 Å². The van der Waals surface area contributed by atoms with Crippen LogP contribution in [0.25, 0.3) is 0 Å². The van der Waals surface area contributed by atoms with Crippen LogP contribution in [0.4, 0.5) is 0 Å². The van der Waals surface area contributed by atoms with Crippen molar-refractivity contribution >= 4 is 0 Å².